The van der Waals surface area contributed by atoms with Gasteiger partial charge in [0.25, 0.3) is 11.8 Å². The van der Waals surface area contributed by atoms with E-state index in [0.29, 0.717) is 16.2 Å². The van der Waals surface area contributed by atoms with Crippen LogP contribution in [0.4, 0.5) is 5.82 Å². The quantitative estimate of drug-likeness (QED) is 0.498. The molecule has 3 aromatic rings. The number of carbonyl (C=O) groups excluding carboxylic acids is 2. The zero-order chi connectivity index (χ0) is 16.1. The summed E-state index contributed by atoms with van der Waals surface area (Å²) in [5.41, 5.74) is 0.938. The molecular weight excluding hydrogens is 337 g/mol. The van der Waals surface area contributed by atoms with Gasteiger partial charge in [0, 0.05) is 10.4 Å². The van der Waals surface area contributed by atoms with Crippen LogP contribution in [-0.2, 0) is 0 Å². The van der Waals surface area contributed by atoms with Crippen molar-refractivity contribution in [2.24, 2.45) is 0 Å². The predicted octanol–water partition coefficient (Wildman–Crippen LogP) is 3.74. The SMILES string of the molecule is O=C1c2ccc(Cl)cc2C(=O)N1c1ccc2ccc(Cl)nc2n1. The summed E-state index contributed by atoms with van der Waals surface area (Å²) in [4.78, 5) is 34.4. The van der Waals surface area contributed by atoms with Crippen LogP contribution in [0.15, 0.2) is 42.5 Å². The summed E-state index contributed by atoms with van der Waals surface area (Å²) in [6.07, 6.45) is 0. The first kappa shape index (κ1) is 14.1. The maximum atomic E-state index is 12.5. The molecule has 1 aromatic carbocycles. The zero-order valence-electron chi connectivity index (χ0n) is 11.5. The fourth-order valence-corrected chi connectivity index (χ4v) is 2.83. The molecule has 4 rings (SSSR count). The summed E-state index contributed by atoms with van der Waals surface area (Å²) in [5.74, 6) is -0.688. The molecule has 0 fully saturated rings. The summed E-state index contributed by atoms with van der Waals surface area (Å²) in [7, 11) is 0. The summed E-state index contributed by atoms with van der Waals surface area (Å²) >= 11 is 11.8. The molecule has 2 amide bonds. The number of hydrogen-bond donors (Lipinski definition) is 0. The van der Waals surface area contributed by atoms with E-state index >= 15 is 0 Å². The van der Waals surface area contributed by atoms with E-state index in [1.54, 1.807) is 30.3 Å². The van der Waals surface area contributed by atoms with E-state index in [1.807, 2.05) is 0 Å². The first-order chi connectivity index (χ1) is 11.0. The normalized spacial score (nSPS) is 13.7. The van der Waals surface area contributed by atoms with Crippen molar-refractivity contribution in [2.45, 2.75) is 0 Å². The van der Waals surface area contributed by atoms with Crippen molar-refractivity contribution in [2.75, 3.05) is 4.90 Å². The molecule has 0 N–H and O–H groups in total. The standard InChI is InChI=1S/C16H7Cl2N3O2/c17-9-3-4-10-11(7-9)16(23)21(15(10)22)13-6-2-8-1-5-12(18)19-14(8)20-13/h1-7H. The van der Waals surface area contributed by atoms with Gasteiger partial charge >= 0.3 is 0 Å². The molecule has 0 saturated carbocycles. The van der Waals surface area contributed by atoms with Crippen molar-refractivity contribution in [1.29, 1.82) is 0 Å². The Balaban J connectivity index is 1.85. The van der Waals surface area contributed by atoms with E-state index in [4.69, 9.17) is 23.2 Å². The molecule has 0 atom stereocenters. The summed E-state index contributed by atoms with van der Waals surface area (Å²) in [6.45, 7) is 0. The number of nitrogens with zero attached hydrogens (tertiary/aromatic N) is 3. The number of carbonyl (C=O) groups is 2. The second-order valence-electron chi connectivity index (χ2n) is 4.99. The van der Waals surface area contributed by atoms with Crippen LogP contribution in [0.3, 0.4) is 0 Å². The minimum atomic E-state index is -0.457. The molecule has 0 unspecified atom stereocenters. The maximum absolute atomic E-state index is 12.5. The predicted molar refractivity (Wildman–Crippen MR) is 87.1 cm³/mol. The van der Waals surface area contributed by atoms with E-state index in [9.17, 15) is 9.59 Å². The van der Waals surface area contributed by atoms with E-state index in [1.165, 1.54) is 12.1 Å². The molecule has 0 spiro atoms. The zero-order valence-corrected chi connectivity index (χ0v) is 13.0. The lowest BCUT2D eigenvalue weighted by Crippen LogP contribution is -2.30. The minimum Gasteiger partial charge on any atom is -0.268 e. The average molecular weight is 344 g/mol. The van der Waals surface area contributed by atoms with Crippen LogP contribution in [0.1, 0.15) is 20.7 Å². The average Bonchev–Trinajstić information content (AvgIpc) is 2.77. The van der Waals surface area contributed by atoms with Crippen molar-refractivity contribution in [3.05, 3.63) is 63.8 Å². The summed E-state index contributed by atoms with van der Waals surface area (Å²) in [6, 6.07) is 11.3. The number of anilines is 1. The summed E-state index contributed by atoms with van der Waals surface area (Å²) in [5, 5.41) is 1.45. The Bertz CT molecular complexity index is 1000. The van der Waals surface area contributed by atoms with Crippen LogP contribution < -0.4 is 4.90 Å². The first-order valence-electron chi connectivity index (χ1n) is 6.66. The Labute approximate surface area is 140 Å². The Morgan fingerprint density at radius 2 is 1.57 bits per heavy atom. The molecule has 2 aromatic heterocycles. The number of fused-ring (bicyclic) bond motifs is 2. The Hall–Kier alpha value is -2.50. The molecule has 3 heterocycles. The van der Waals surface area contributed by atoms with E-state index in [-0.39, 0.29) is 16.5 Å². The van der Waals surface area contributed by atoms with Crippen molar-refractivity contribution in [1.82, 2.24) is 9.97 Å². The third-order valence-electron chi connectivity index (χ3n) is 3.58. The van der Waals surface area contributed by atoms with E-state index in [2.05, 4.69) is 9.97 Å². The smallest absolute Gasteiger partial charge is 0.267 e. The van der Waals surface area contributed by atoms with Gasteiger partial charge in [-0.2, -0.15) is 0 Å². The summed E-state index contributed by atoms with van der Waals surface area (Å²) < 4.78 is 0. The molecule has 0 aliphatic carbocycles. The maximum Gasteiger partial charge on any atom is 0.267 e. The number of amides is 2. The highest BCUT2D eigenvalue weighted by atomic mass is 35.5. The van der Waals surface area contributed by atoms with E-state index < -0.39 is 11.8 Å². The van der Waals surface area contributed by atoms with Gasteiger partial charge in [0.2, 0.25) is 0 Å². The lowest BCUT2D eigenvalue weighted by atomic mass is 10.1. The lowest BCUT2D eigenvalue weighted by molar-refractivity contribution is 0.0925. The second kappa shape index (κ2) is 5.01. The van der Waals surface area contributed by atoms with Gasteiger partial charge in [-0.3, -0.25) is 9.59 Å². The topological polar surface area (TPSA) is 63.2 Å². The van der Waals surface area contributed by atoms with Crippen LogP contribution in [0.25, 0.3) is 11.0 Å². The van der Waals surface area contributed by atoms with Crippen LogP contribution >= 0.6 is 23.2 Å². The van der Waals surface area contributed by atoms with Gasteiger partial charge in [0.05, 0.1) is 11.1 Å². The number of aromatic nitrogens is 2. The van der Waals surface area contributed by atoms with Gasteiger partial charge in [0.1, 0.15) is 11.0 Å². The van der Waals surface area contributed by atoms with Crippen LogP contribution in [0.2, 0.25) is 10.2 Å². The van der Waals surface area contributed by atoms with Crippen LogP contribution in [0.5, 0.6) is 0 Å². The highest BCUT2D eigenvalue weighted by Gasteiger charge is 2.37. The Morgan fingerprint density at radius 3 is 2.39 bits per heavy atom. The highest BCUT2D eigenvalue weighted by molar-refractivity contribution is 6.36. The molecular formula is C16H7Cl2N3O2. The minimum absolute atomic E-state index is 0.203. The first-order valence-corrected chi connectivity index (χ1v) is 7.42. The van der Waals surface area contributed by atoms with Crippen LogP contribution in [-0.4, -0.2) is 21.8 Å². The number of rotatable bonds is 1. The van der Waals surface area contributed by atoms with Gasteiger partial charge in [-0.15, -0.1) is 0 Å². The molecule has 7 heteroatoms. The number of halogens is 2. The number of benzene rings is 1. The number of hydrogen-bond acceptors (Lipinski definition) is 4. The van der Waals surface area contributed by atoms with Crippen molar-refractivity contribution < 1.29 is 9.59 Å². The number of pyridine rings is 2. The largest absolute Gasteiger partial charge is 0.268 e. The Morgan fingerprint density at radius 1 is 0.826 bits per heavy atom. The van der Waals surface area contributed by atoms with E-state index in [0.717, 1.165) is 10.3 Å². The third kappa shape index (κ3) is 2.17. The Kier molecular flexibility index (Phi) is 3.07. The van der Waals surface area contributed by atoms with Crippen molar-refractivity contribution >= 4 is 51.9 Å². The van der Waals surface area contributed by atoms with Gasteiger partial charge in [-0.05, 0) is 42.5 Å². The van der Waals surface area contributed by atoms with Gasteiger partial charge in [-0.25, -0.2) is 14.9 Å². The molecule has 0 bridgehead atoms. The lowest BCUT2D eigenvalue weighted by Gasteiger charge is -2.12. The molecule has 23 heavy (non-hydrogen) atoms. The molecule has 0 radical (unpaired) electrons. The van der Waals surface area contributed by atoms with Crippen LogP contribution in [0, 0.1) is 0 Å². The monoisotopic (exact) mass is 343 g/mol. The van der Waals surface area contributed by atoms with Gasteiger partial charge in [-0.1, -0.05) is 23.2 Å². The van der Waals surface area contributed by atoms with Gasteiger partial charge in [0.15, 0.2) is 5.65 Å². The van der Waals surface area contributed by atoms with Crippen molar-refractivity contribution in [3.63, 3.8) is 0 Å². The molecule has 1 aliphatic rings. The third-order valence-corrected chi connectivity index (χ3v) is 4.03. The fraction of sp³-hybridized carbons (Fsp3) is 0. The second-order valence-corrected chi connectivity index (χ2v) is 5.81. The molecule has 5 nitrogen and oxygen atoms in total. The van der Waals surface area contributed by atoms with Crippen molar-refractivity contribution in [3.8, 4) is 0 Å². The molecule has 1 aliphatic heterocycles. The van der Waals surface area contributed by atoms with Gasteiger partial charge < -0.3 is 0 Å². The highest BCUT2D eigenvalue weighted by Crippen LogP contribution is 2.30. The molecule has 0 saturated heterocycles. The number of imide groups is 1. The molecule has 112 valence electrons. The fourth-order valence-electron chi connectivity index (χ4n) is 2.51.